The third-order valence-electron chi connectivity index (χ3n) is 5.72. The van der Waals surface area contributed by atoms with Crippen molar-refractivity contribution < 1.29 is 23.9 Å². The lowest BCUT2D eigenvalue weighted by Crippen LogP contribution is -2.27. The van der Waals surface area contributed by atoms with Gasteiger partial charge in [0.2, 0.25) is 0 Å². The first-order chi connectivity index (χ1) is 17.8. The minimum Gasteiger partial charge on any atom is -0.490 e. The standard InChI is InChI=1S/C29H28N2O5S/c1-4-35-25-15-21(11-14-24(25)36-18-27(32)30-23-12-9-19(2)10-13-23)16-26-28(33)31(29(34)37-26)17-22-8-6-5-7-20(22)3/h5-16H,4,17-18H2,1-3H3,(H,30,32)/b26-16-. The van der Waals surface area contributed by atoms with Gasteiger partial charge in [-0.05, 0) is 79.6 Å². The maximum absolute atomic E-state index is 13.0. The monoisotopic (exact) mass is 516 g/mol. The van der Waals surface area contributed by atoms with Crippen LogP contribution in [0.4, 0.5) is 10.5 Å². The fourth-order valence-electron chi connectivity index (χ4n) is 3.72. The van der Waals surface area contributed by atoms with E-state index in [-0.39, 0.29) is 30.2 Å². The van der Waals surface area contributed by atoms with Crippen LogP contribution in [0.1, 0.15) is 29.2 Å². The Balaban J connectivity index is 1.44. The molecule has 0 atom stereocenters. The van der Waals surface area contributed by atoms with E-state index in [1.165, 1.54) is 4.90 Å². The number of imide groups is 1. The van der Waals surface area contributed by atoms with Crippen LogP contribution >= 0.6 is 11.8 Å². The van der Waals surface area contributed by atoms with E-state index in [1.807, 2.05) is 69.3 Å². The van der Waals surface area contributed by atoms with Crippen LogP contribution in [0.2, 0.25) is 0 Å². The van der Waals surface area contributed by atoms with Crippen LogP contribution in [0.25, 0.3) is 6.08 Å². The van der Waals surface area contributed by atoms with Crippen LogP contribution < -0.4 is 14.8 Å². The van der Waals surface area contributed by atoms with Crippen molar-refractivity contribution in [3.05, 3.63) is 93.9 Å². The molecule has 0 saturated carbocycles. The molecule has 0 radical (unpaired) electrons. The van der Waals surface area contributed by atoms with Crippen molar-refractivity contribution in [1.29, 1.82) is 0 Å². The van der Waals surface area contributed by atoms with Crippen LogP contribution in [-0.4, -0.2) is 35.2 Å². The number of amides is 3. The minimum atomic E-state index is -0.329. The highest BCUT2D eigenvalue weighted by atomic mass is 32.2. The molecule has 1 saturated heterocycles. The average Bonchev–Trinajstić information content (AvgIpc) is 3.13. The Labute approximate surface area is 220 Å². The molecule has 1 aliphatic rings. The van der Waals surface area contributed by atoms with Gasteiger partial charge in [0.05, 0.1) is 18.1 Å². The predicted molar refractivity (Wildman–Crippen MR) is 146 cm³/mol. The lowest BCUT2D eigenvalue weighted by molar-refractivity contribution is -0.123. The molecule has 8 heteroatoms. The Morgan fingerprint density at radius 3 is 2.46 bits per heavy atom. The molecule has 0 spiro atoms. The minimum absolute atomic E-state index is 0.189. The predicted octanol–water partition coefficient (Wildman–Crippen LogP) is 5.96. The first-order valence-electron chi connectivity index (χ1n) is 11.9. The Morgan fingerprint density at radius 2 is 1.73 bits per heavy atom. The summed E-state index contributed by atoms with van der Waals surface area (Å²) in [6.07, 6.45) is 1.67. The van der Waals surface area contributed by atoms with E-state index in [1.54, 1.807) is 24.3 Å². The Kier molecular flexibility index (Phi) is 8.30. The number of hydrogen-bond donors (Lipinski definition) is 1. The molecular formula is C29H28N2O5S. The normalized spacial score (nSPS) is 14.2. The fourth-order valence-corrected chi connectivity index (χ4v) is 4.56. The van der Waals surface area contributed by atoms with Gasteiger partial charge in [-0.15, -0.1) is 0 Å². The molecule has 1 aliphatic heterocycles. The second kappa shape index (κ2) is 11.8. The van der Waals surface area contributed by atoms with Gasteiger partial charge in [-0.1, -0.05) is 48.0 Å². The topological polar surface area (TPSA) is 84.9 Å². The van der Waals surface area contributed by atoms with Gasteiger partial charge in [-0.2, -0.15) is 0 Å². The number of anilines is 1. The quantitative estimate of drug-likeness (QED) is 0.354. The summed E-state index contributed by atoms with van der Waals surface area (Å²) >= 11 is 0.915. The molecule has 190 valence electrons. The molecule has 1 heterocycles. The molecule has 7 nitrogen and oxygen atoms in total. The van der Waals surface area contributed by atoms with E-state index in [9.17, 15) is 14.4 Å². The number of hydrogen-bond acceptors (Lipinski definition) is 6. The first kappa shape index (κ1) is 26.0. The van der Waals surface area contributed by atoms with Crippen molar-refractivity contribution in [2.75, 3.05) is 18.5 Å². The van der Waals surface area contributed by atoms with E-state index in [0.29, 0.717) is 34.3 Å². The zero-order valence-corrected chi connectivity index (χ0v) is 21.8. The summed E-state index contributed by atoms with van der Waals surface area (Å²) in [6, 6.07) is 20.3. The van der Waals surface area contributed by atoms with Crippen molar-refractivity contribution in [3.63, 3.8) is 0 Å². The van der Waals surface area contributed by atoms with Gasteiger partial charge in [0.15, 0.2) is 18.1 Å². The molecule has 0 bridgehead atoms. The van der Waals surface area contributed by atoms with E-state index >= 15 is 0 Å². The molecule has 0 aromatic heterocycles. The van der Waals surface area contributed by atoms with Crippen molar-refractivity contribution in [2.24, 2.45) is 0 Å². The summed E-state index contributed by atoms with van der Waals surface area (Å²) < 4.78 is 11.4. The second-order valence-electron chi connectivity index (χ2n) is 8.54. The number of nitrogens with one attached hydrogen (secondary N) is 1. The molecule has 3 aromatic rings. The highest BCUT2D eigenvalue weighted by Crippen LogP contribution is 2.35. The lowest BCUT2D eigenvalue weighted by Gasteiger charge is -2.14. The molecule has 0 unspecified atom stereocenters. The zero-order valence-electron chi connectivity index (χ0n) is 20.9. The summed E-state index contributed by atoms with van der Waals surface area (Å²) in [5.41, 5.74) is 4.43. The number of thioether (sulfide) groups is 1. The summed E-state index contributed by atoms with van der Waals surface area (Å²) in [4.78, 5) is 39.5. The Hall–Kier alpha value is -4.04. The summed E-state index contributed by atoms with van der Waals surface area (Å²) in [5, 5.41) is 2.49. The zero-order chi connectivity index (χ0) is 26.4. The number of aryl methyl sites for hydroxylation is 2. The molecule has 3 amide bonds. The number of carbonyl (C=O) groups excluding carboxylic acids is 3. The van der Waals surface area contributed by atoms with Gasteiger partial charge in [0.1, 0.15) is 0 Å². The second-order valence-corrected chi connectivity index (χ2v) is 9.53. The maximum Gasteiger partial charge on any atom is 0.293 e. The highest BCUT2D eigenvalue weighted by Gasteiger charge is 2.35. The highest BCUT2D eigenvalue weighted by molar-refractivity contribution is 8.18. The number of carbonyl (C=O) groups is 3. The molecule has 4 rings (SSSR count). The third-order valence-corrected chi connectivity index (χ3v) is 6.63. The van der Waals surface area contributed by atoms with E-state index in [2.05, 4.69) is 5.32 Å². The largest absolute Gasteiger partial charge is 0.490 e. The van der Waals surface area contributed by atoms with Gasteiger partial charge < -0.3 is 14.8 Å². The van der Waals surface area contributed by atoms with Crippen molar-refractivity contribution in [1.82, 2.24) is 4.90 Å². The third kappa shape index (κ3) is 6.59. The summed E-state index contributed by atoms with van der Waals surface area (Å²) in [6.45, 7) is 6.21. The van der Waals surface area contributed by atoms with Crippen LogP contribution in [0, 0.1) is 13.8 Å². The number of nitrogens with zero attached hydrogens (tertiary/aromatic N) is 1. The maximum atomic E-state index is 13.0. The molecule has 1 N–H and O–H groups in total. The number of rotatable bonds is 9. The van der Waals surface area contributed by atoms with Crippen LogP contribution in [-0.2, 0) is 16.1 Å². The Morgan fingerprint density at radius 1 is 0.973 bits per heavy atom. The summed E-state index contributed by atoms with van der Waals surface area (Å²) in [5.74, 6) is 0.228. The van der Waals surface area contributed by atoms with Gasteiger partial charge in [-0.25, -0.2) is 0 Å². The fraction of sp³-hybridized carbons (Fsp3) is 0.207. The molecule has 37 heavy (non-hydrogen) atoms. The molecule has 3 aromatic carbocycles. The molecule has 0 aliphatic carbocycles. The smallest absolute Gasteiger partial charge is 0.293 e. The van der Waals surface area contributed by atoms with Crippen LogP contribution in [0.5, 0.6) is 11.5 Å². The molecule has 1 fully saturated rings. The van der Waals surface area contributed by atoms with Crippen LogP contribution in [0.15, 0.2) is 71.6 Å². The van der Waals surface area contributed by atoms with Crippen LogP contribution in [0.3, 0.4) is 0 Å². The van der Waals surface area contributed by atoms with E-state index in [0.717, 1.165) is 28.5 Å². The van der Waals surface area contributed by atoms with Gasteiger partial charge in [0.25, 0.3) is 17.1 Å². The Bertz CT molecular complexity index is 1350. The van der Waals surface area contributed by atoms with Crippen molar-refractivity contribution in [2.45, 2.75) is 27.3 Å². The number of ether oxygens (including phenoxy) is 2. The molecular weight excluding hydrogens is 488 g/mol. The van der Waals surface area contributed by atoms with E-state index < -0.39 is 0 Å². The number of benzene rings is 3. The van der Waals surface area contributed by atoms with Crippen molar-refractivity contribution >= 4 is 40.6 Å². The van der Waals surface area contributed by atoms with Gasteiger partial charge in [0, 0.05) is 5.69 Å². The van der Waals surface area contributed by atoms with Gasteiger partial charge >= 0.3 is 0 Å². The summed E-state index contributed by atoms with van der Waals surface area (Å²) in [7, 11) is 0. The average molecular weight is 517 g/mol. The lowest BCUT2D eigenvalue weighted by atomic mass is 10.1. The SMILES string of the molecule is CCOc1cc(/C=C2\SC(=O)N(Cc3ccccc3C)C2=O)ccc1OCC(=O)Nc1ccc(C)cc1. The first-order valence-corrected chi connectivity index (χ1v) is 12.7. The van der Waals surface area contributed by atoms with Gasteiger partial charge in [-0.3, -0.25) is 19.3 Å². The van der Waals surface area contributed by atoms with Crippen molar-refractivity contribution in [3.8, 4) is 11.5 Å². The van der Waals surface area contributed by atoms with E-state index in [4.69, 9.17) is 9.47 Å².